The van der Waals surface area contributed by atoms with Gasteiger partial charge in [-0.1, -0.05) is 18.5 Å². The van der Waals surface area contributed by atoms with Crippen molar-refractivity contribution in [3.63, 3.8) is 0 Å². The smallest absolute Gasteiger partial charge is 0.188 e. The Morgan fingerprint density at radius 3 is 3.11 bits per heavy atom. The molecule has 0 amide bonds. The number of nitrogens with zero attached hydrogens (tertiary/aromatic N) is 2. The fraction of sp³-hybridized carbons (Fsp3) is 0.538. The molecule has 0 radical (unpaired) electrons. The number of pyridine rings is 1. The molecule has 6 heteroatoms. The first-order valence-corrected chi connectivity index (χ1v) is 6.49. The van der Waals surface area contributed by atoms with Gasteiger partial charge >= 0.3 is 0 Å². The normalized spacial score (nSPS) is 11.7. The van der Waals surface area contributed by atoms with Gasteiger partial charge in [-0.15, -0.1) is 0 Å². The second-order valence-electron chi connectivity index (χ2n) is 4.18. The molecule has 0 aliphatic heterocycles. The summed E-state index contributed by atoms with van der Waals surface area (Å²) < 4.78 is 5.44. The highest BCUT2D eigenvalue weighted by atomic mass is 16.5. The van der Waals surface area contributed by atoms with Crippen LogP contribution in [0.1, 0.15) is 31.0 Å². The predicted molar refractivity (Wildman–Crippen MR) is 74.2 cm³/mol. The van der Waals surface area contributed by atoms with Gasteiger partial charge in [0.15, 0.2) is 5.84 Å². The second-order valence-corrected chi connectivity index (χ2v) is 4.18. The fourth-order valence-electron chi connectivity index (χ4n) is 1.50. The third kappa shape index (κ3) is 6.17. The van der Waals surface area contributed by atoms with Crippen molar-refractivity contribution < 1.29 is 9.94 Å². The zero-order valence-electron chi connectivity index (χ0n) is 11.3. The van der Waals surface area contributed by atoms with Crippen molar-refractivity contribution in [3.8, 4) is 0 Å². The maximum atomic E-state index is 8.59. The minimum absolute atomic E-state index is 0.0183. The Balaban J connectivity index is 2.26. The van der Waals surface area contributed by atoms with Gasteiger partial charge in [-0.05, 0) is 24.1 Å². The maximum absolute atomic E-state index is 8.59. The van der Waals surface area contributed by atoms with E-state index >= 15 is 0 Å². The van der Waals surface area contributed by atoms with Gasteiger partial charge in [0, 0.05) is 25.9 Å². The predicted octanol–water partition coefficient (Wildman–Crippen LogP) is 1.08. The van der Waals surface area contributed by atoms with Crippen LogP contribution in [0, 0.1) is 0 Å². The molecule has 0 aromatic carbocycles. The summed E-state index contributed by atoms with van der Waals surface area (Å²) in [5.41, 5.74) is 6.99. The van der Waals surface area contributed by atoms with Crippen LogP contribution in [0.2, 0.25) is 0 Å². The van der Waals surface area contributed by atoms with Crippen LogP contribution in [0.3, 0.4) is 0 Å². The lowest BCUT2D eigenvalue weighted by molar-refractivity contribution is 0.133. The standard InChI is InChI=1S/C13H22N4O2/c1-2-3-7-19-8-6-15-10-11-4-5-16-12(9-11)13(14)17-18/h4-5,9,15,18H,2-3,6-8,10H2,1H3,(H2,14,17). The number of amidine groups is 1. The molecule has 6 nitrogen and oxygen atoms in total. The minimum Gasteiger partial charge on any atom is -0.409 e. The Hall–Kier alpha value is -1.66. The number of aromatic nitrogens is 1. The molecule has 1 heterocycles. The van der Waals surface area contributed by atoms with E-state index in [0.29, 0.717) is 18.8 Å². The number of unbranched alkanes of at least 4 members (excludes halogenated alkanes) is 1. The van der Waals surface area contributed by atoms with E-state index in [1.807, 2.05) is 6.07 Å². The number of hydrogen-bond acceptors (Lipinski definition) is 5. The zero-order valence-corrected chi connectivity index (χ0v) is 11.3. The van der Waals surface area contributed by atoms with Crippen LogP contribution < -0.4 is 11.1 Å². The van der Waals surface area contributed by atoms with Crippen LogP contribution in [0.5, 0.6) is 0 Å². The van der Waals surface area contributed by atoms with Crippen molar-refractivity contribution in [2.75, 3.05) is 19.8 Å². The Labute approximate surface area is 113 Å². The molecular weight excluding hydrogens is 244 g/mol. The Morgan fingerprint density at radius 1 is 1.53 bits per heavy atom. The first-order valence-electron chi connectivity index (χ1n) is 6.49. The molecule has 1 aromatic heterocycles. The third-order valence-electron chi connectivity index (χ3n) is 2.59. The second kappa shape index (κ2) is 9.29. The summed E-state index contributed by atoms with van der Waals surface area (Å²) in [6.07, 6.45) is 3.90. The third-order valence-corrected chi connectivity index (χ3v) is 2.59. The number of oxime groups is 1. The van der Waals surface area contributed by atoms with Crippen molar-refractivity contribution in [2.24, 2.45) is 10.9 Å². The van der Waals surface area contributed by atoms with Crippen molar-refractivity contribution in [1.82, 2.24) is 10.3 Å². The number of rotatable bonds is 9. The SMILES string of the molecule is CCCCOCCNCc1ccnc(C(N)=NO)c1. The van der Waals surface area contributed by atoms with Crippen molar-refractivity contribution >= 4 is 5.84 Å². The van der Waals surface area contributed by atoms with Crippen LogP contribution in [0.25, 0.3) is 0 Å². The lowest BCUT2D eigenvalue weighted by Gasteiger charge is -2.07. The molecule has 0 aliphatic rings. The van der Waals surface area contributed by atoms with Gasteiger partial charge in [0.05, 0.1) is 6.61 Å². The number of hydrogen-bond donors (Lipinski definition) is 3. The summed E-state index contributed by atoms with van der Waals surface area (Å²) in [5, 5.41) is 14.8. The van der Waals surface area contributed by atoms with Crippen LogP contribution in [0.4, 0.5) is 0 Å². The van der Waals surface area contributed by atoms with E-state index in [4.69, 9.17) is 15.7 Å². The first kappa shape index (κ1) is 15.4. The molecule has 0 bridgehead atoms. The highest BCUT2D eigenvalue weighted by Gasteiger charge is 2.01. The van der Waals surface area contributed by atoms with E-state index in [1.54, 1.807) is 12.3 Å². The molecule has 19 heavy (non-hydrogen) atoms. The molecule has 1 aromatic rings. The Kier molecular flexibility index (Phi) is 7.53. The average molecular weight is 266 g/mol. The molecular formula is C13H22N4O2. The summed E-state index contributed by atoms with van der Waals surface area (Å²) >= 11 is 0. The lowest BCUT2D eigenvalue weighted by Crippen LogP contribution is -2.20. The molecule has 1 rings (SSSR count). The highest BCUT2D eigenvalue weighted by molar-refractivity contribution is 5.95. The van der Waals surface area contributed by atoms with Gasteiger partial charge in [-0.25, -0.2) is 0 Å². The molecule has 4 N–H and O–H groups in total. The topological polar surface area (TPSA) is 92.8 Å². The average Bonchev–Trinajstić information content (AvgIpc) is 2.46. The van der Waals surface area contributed by atoms with E-state index in [2.05, 4.69) is 22.4 Å². The van der Waals surface area contributed by atoms with Gasteiger partial charge in [-0.3, -0.25) is 4.98 Å². The highest BCUT2D eigenvalue weighted by Crippen LogP contribution is 2.01. The van der Waals surface area contributed by atoms with E-state index in [9.17, 15) is 0 Å². The zero-order chi connectivity index (χ0) is 13.9. The van der Waals surface area contributed by atoms with Crippen molar-refractivity contribution in [3.05, 3.63) is 29.6 Å². The largest absolute Gasteiger partial charge is 0.409 e. The van der Waals surface area contributed by atoms with Crippen LogP contribution in [0.15, 0.2) is 23.5 Å². The van der Waals surface area contributed by atoms with E-state index in [1.165, 1.54) is 0 Å². The number of nitrogens with one attached hydrogen (secondary N) is 1. The first-order chi connectivity index (χ1) is 9.27. The molecule has 0 saturated carbocycles. The van der Waals surface area contributed by atoms with Gasteiger partial charge in [0.2, 0.25) is 0 Å². The van der Waals surface area contributed by atoms with Crippen LogP contribution in [-0.4, -0.2) is 35.8 Å². The molecule has 0 fully saturated rings. The van der Waals surface area contributed by atoms with Crippen LogP contribution >= 0.6 is 0 Å². The monoisotopic (exact) mass is 266 g/mol. The summed E-state index contributed by atoms with van der Waals surface area (Å²) in [6.45, 7) is 5.17. The molecule has 0 saturated heterocycles. The quantitative estimate of drug-likeness (QED) is 0.204. The van der Waals surface area contributed by atoms with Crippen LogP contribution in [-0.2, 0) is 11.3 Å². The summed E-state index contributed by atoms with van der Waals surface area (Å²) in [7, 11) is 0. The molecule has 106 valence electrons. The fourth-order valence-corrected chi connectivity index (χ4v) is 1.50. The Bertz CT molecular complexity index is 396. The molecule has 0 aliphatic carbocycles. The van der Waals surface area contributed by atoms with Gasteiger partial charge in [-0.2, -0.15) is 0 Å². The minimum atomic E-state index is 0.0183. The Morgan fingerprint density at radius 2 is 2.37 bits per heavy atom. The van der Waals surface area contributed by atoms with Crippen molar-refractivity contribution in [2.45, 2.75) is 26.3 Å². The summed E-state index contributed by atoms with van der Waals surface area (Å²) in [6, 6.07) is 3.68. The van der Waals surface area contributed by atoms with E-state index in [-0.39, 0.29) is 5.84 Å². The van der Waals surface area contributed by atoms with Gasteiger partial charge in [0.1, 0.15) is 5.69 Å². The van der Waals surface area contributed by atoms with E-state index < -0.39 is 0 Å². The summed E-state index contributed by atoms with van der Waals surface area (Å²) in [5.74, 6) is 0.0183. The number of nitrogens with two attached hydrogens (primary N) is 1. The van der Waals surface area contributed by atoms with Gasteiger partial charge < -0.3 is 21.0 Å². The number of ether oxygens (including phenoxy) is 1. The molecule has 0 atom stereocenters. The van der Waals surface area contributed by atoms with E-state index in [0.717, 1.165) is 31.6 Å². The maximum Gasteiger partial charge on any atom is 0.188 e. The molecule has 0 spiro atoms. The van der Waals surface area contributed by atoms with Gasteiger partial charge in [0.25, 0.3) is 0 Å². The lowest BCUT2D eigenvalue weighted by atomic mass is 10.2. The van der Waals surface area contributed by atoms with Crippen molar-refractivity contribution in [1.29, 1.82) is 0 Å². The summed E-state index contributed by atoms with van der Waals surface area (Å²) in [4.78, 5) is 4.02. The molecule has 0 unspecified atom stereocenters.